The molecule has 3 nitrogen and oxygen atoms in total. The topological polar surface area (TPSA) is 29.9 Å². The van der Waals surface area contributed by atoms with Gasteiger partial charge in [0.15, 0.2) is 0 Å². The van der Waals surface area contributed by atoms with Crippen LogP contribution in [0.5, 0.6) is 0 Å². The third-order valence-electron chi connectivity index (χ3n) is 4.34. The van der Waals surface area contributed by atoms with Crippen LogP contribution in [-0.4, -0.2) is 16.0 Å². The second-order valence-corrected chi connectivity index (χ2v) is 6.91. The van der Waals surface area contributed by atoms with E-state index in [2.05, 4.69) is 47.9 Å². The molecule has 0 unspecified atom stereocenters. The first kappa shape index (κ1) is 17.7. The lowest BCUT2D eigenvalue weighted by Crippen LogP contribution is -2.18. The Morgan fingerprint density at radius 1 is 1.20 bits per heavy atom. The molecule has 0 radical (unpaired) electrons. The van der Waals surface area contributed by atoms with Gasteiger partial charge in [-0.2, -0.15) is 5.10 Å². The Labute approximate surface area is 152 Å². The molecule has 0 saturated carbocycles. The zero-order valence-electron chi connectivity index (χ0n) is 14.7. The molecule has 3 aromatic rings. The second-order valence-electron chi connectivity index (χ2n) is 6.03. The Bertz CT molecular complexity index is 842. The second kappa shape index (κ2) is 7.85. The Morgan fingerprint density at radius 3 is 2.64 bits per heavy atom. The van der Waals surface area contributed by atoms with Crippen LogP contribution in [0.1, 0.15) is 29.8 Å². The summed E-state index contributed by atoms with van der Waals surface area (Å²) in [4.78, 5) is 1.27. The van der Waals surface area contributed by atoms with E-state index in [1.54, 1.807) is 22.5 Å². The summed E-state index contributed by atoms with van der Waals surface area (Å²) in [6.45, 7) is 4.93. The average molecular weight is 355 g/mol. The van der Waals surface area contributed by atoms with Crippen molar-refractivity contribution in [3.63, 3.8) is 0 Å². The van der Waals surface area contributed by atoms with Crippen LogP contribution in [0.25, 0.3) is 5.69 Å². The fourth-order valence-electron chi connectivity index (χ4n) is 2.84. The van der Waals surface area contributed by atoms with Gasteiger partial charge in [-0.15, -0.1) is 11.8 Å². The molecule has 2 aromatic carbocycles. The molecular formula is C20H22FN3S. The first-order chi connectivity index (χ1) is 12.1. The molecule has 0 amide bonds. The number of nitrogens with one attached hydrogen (secondary N) is 1. The standard InChI is InChI=1S/C20H22FN3S/c1-14(22-12-16-7-9-19(25-3)10-8-16)20-13-23-24(15(20)2)18-6-4-5-17(21)11-18/h4-11,13-14,22H,12H2,1-3H3/t14-/m0/s1. The molecule has 0 aliphatic heterocycles. The van der Waals surface area contributed by atoms with Gasteiger partial charge in [0.2, 0.25) is 0 Å². The van der Waals surface area contributed by atoms with Crippen LogP contribution in [0, 0.1) is 12.7 Å². The lowest BCUT2D eigenvalue weighted by molar-refractivity contribution is 0.571. The summed E-state index contributed by atoms with van der Waals surface area (Å²) >= 11 is 1.74. The summed E-state index contributed by atoms with van der Waals surface area (Å²) in [6.07, 6.45) is 3.93. The van der Waals surface area contributed by atoms with Gasteiger partial charge in [-0.1, -0.05) is 18.2 Å². The first-order valence-electron chi connectivity index (χ1n) is 8.25. The van der Waals surface area contributed by atoms with Gasteiger partial charge in [-0.3, -0.25) is 0 Å². The predicted octanol–water partition coefficient (Wildman–Crippen LogP) is 4.89. The molecular weight excluding hydrogens is 333 g/mol. The van der Waals surface area contributed by atoms with E-state index in [0.717, 1.165) is 23.5 Å². The molecule has 1 atom stereocenters. The van der Waals surface area contributed by atoms with E-state index in [0.29, 0.717) is 0 Å². The summed E-state index contributed by atoms with van der Waals surface area (Å²) in [7, 11) is 0. The van der Waals surface area contributed by atoms with Gasteiger partial charge in [0.25, 0.3) is 0 Å². The van der Waals surface area contributed by atoms with Crippen LogP contribution in [0.4, 0.5) is 4.39 Å². The quantitative estimate of drug-likeness (QED) is 0.638. The zero-order chi connectivity index (χ0) is 17.8. The van der Waals surface area contributed by atoms with Crippen molar-refractivity contribution < 1.29 is 4.39 Å². The van der Waals surface area contributed by atoms with Crippen molar-refractivity contribution >= 4 is 11.8 Å². The monoisotopic (exact) mass is 355 g/mol. The van der Waals surface area contributed by atoms with Crippen LogP contribution < -0.4 is 5.32 Å². The Hall–Kier alpha value is -2.11. The fourth-order valence-corrected chi connectivity index (χ4v) is 3.25. The van der Waals surface area contributed by atoms with E-state index in [1.807, 2.05) is 19.2 Å². The van der Waals surface area contributed by atoms with Crippen molar-refractivity contribution in [1.82, 2.24) is 15.1 Å². The summed E-state index contributed by atoms with van der Waals surface area (Å²) in [5.74, 6) is -0.256. The van der Waals surface area contributed by atoms with Gasteiger partial charge in [-0.05, 0) is 56.0 Å². The number of thioether (sulfide) groups is 1. The smallest absolute Gasteiger partial charge is 0.125 e. The molecule has 0 aliphatic carbocycles. The van der Waals surface area contributed by atoms with Crippen molar-refractivity contribution in [2.24, 2.45) is 0 Å². The van der Waals surface area contributed by atoms with Crippen LogP contribution in [0.15, 0.2) is 59.6 Å². The minimum atomic E-state index is -0.256. The van der Waals surface area contributed by atoms with E-state index in [4.69, 9.17) is 0 Å². The lowest BCUT2D eigenvalue weighted by atomic mass is 10.1. The molecule has 1 N–H and O–H groups in total. The number of benzene rings is 2. The molecule has 1 aromatic heterocycles. The highest BCUT2D eigenvalue weighted by molar-refractivity contribution is 7.98. The molecule has 0 fully saturated rings. The fraction of sp³-hybridized carbons (Fsp3) is 0.250. The number of nitrogens with zero attached hydrogens (tertiary/aromatic N) is 2. The van der Waals surface area contributed by atoms with Crippen molar-refractivity contribution in [3.8, 4) is 5.69 Å². The minimum Gasteiger partial charge on any atom is -0.306 e. The first-order valence-corrected chi connectivity index (χ1v) is 9.47. The van der Waals surface area contributed by atoms with Gasteiger partial charge in [-0.25, -0.2) is 9.07 Å². The van der Waals surface area contributed by atoms with E-state index in [1.165, 1.54) is 22.6 Å². The minimum absolute atomic E-state index is 0.155. The van der Waals surface area contributed by atoms with Crippen LogP contribution >= 0.6 is 11.8 Å². The lowest BCUT2D eigenvalue weighted by Gasteiger charge is -2.14. The highest BCUT2D eigenvalue weighted by Gasteiger charge is 2.14. The Morgan fingerprint density at radius 2 is 1.96 bits per heavy atom. The maximum absolute atomic E-state index is 13.5. The SMILES string of the molecule is CSc1ccc(CN[C@@H](C)c2cnn(-c3cccc(F)c3)c2C)cc1. The molecule has 1 heterocycles. The Kier molecular flexibility index (Phi) is 5.56. The third-order valence-corrected chi connectivity index (χ3v) is 5.08. The van der Waals surface area contributed by atoms with E-state index < -0.39 is 0 Å². The van der Waals surface area contributed by atoms with Crippen LogP contribution in [-0.2, 0) is 6.54 Å². The molecule has 0 bridgehead atoms. The van der Waals surface area contributed by atoms with E-state index in [9.17, 15) is 4.39 Å². The summed E-state index contributed by atoms with van der Waals surface area (Å²) < 4.78 is 15.2. The number of rotatable bonds is 6. The van der Waals surface area contributed by atoms with Gasteiger partial charge < -0.3 is 5.32 Å². The van der Waals surface area contributed by atoms with Crippen LogP contribution in [0.3, 0.4) is 0 Å². The normalized spacial score (nSPS) is 12.3. The number of hydrogen-bond donors (Lipinski definition) is 1. The summed E-state index contributed by atoms with van der Waals surface area (Å²) in [5.41, 5.74) is 4.12. The van der Waals surface area contributed by atoms with Gasteiger partial charge in [0.05, 0.1) is 11.9 Å². The molecule has 25 heavy (non-hydrogen) atoms. The molecule has 5 heteroatoms. The zero-order valence-corrected chi connectivity index (χ0v) is 15.5. The number of halogens is 1. The van der Waals surface area contributed by atoms with E-state index in [-0.39, 0.29) is 11.9 Å². The number of aromatic nitrogens is 2. The largest absolute Gasteiger partial charge is 0.306 e. The van der Waals surface area contributed by atoms with Gasteiger partial charge in [0.1, 0.15) is 5.82 Å². The van der Waals surface area contributed by atoms with Gasteiger partial charge in [0, 0.05) is 28.7 Å². The third kappa shape index (κ3) is 4.11. The molecule has 3 rings (SSSR count). The average Bonchev–Trinajstić information content (AvgIpc) is 3.01. The summed E-state index contributed by atoms with van der Waals surface area (Å²) in [5, 5.41) is 7.97. The highest BCUT2D eigenvalue weighted by Crippen LogP contribution is 2.21. The maximum atomic E-state index is 13.5. The highest BCUT2D eigenvalue weighted by atomic mass is 32.2. The van der Waals surface area contributed by atoms with Crippen molar-refractivity contribution in [2.45, 2.75) is 31.3 Å². The maximum Gasteiger partial charge on any atom is 0.125 e. The van der Waals surface area contributed by atoms with Crippen molar-refractivity contribution in [2.75, 3.05) is 6.26 Å². The predicted molar refractivity (Wildman–Crippen MR) is 102 cm³/mol. The molecule has 130 valence electrons. The molecule has 0 spiro atoms. The Balaban J connectivity index is 1.71. The van der Waals surface area contributed by atoms with Gasteiger partial charge >= 0.3 is 0 Å². The van der Waals surface area contributed by atoms with Crippen molar-refractivity contribution in [1.29, 1.82) is 0 Å². The molecule has 0 aliphatic rings. The van der Waals surface area contributed by atoms with E-state index >= 15 is 0 Å². The molecule has 0 saturated heterocycles. The number of hydrogen-bond acceptors (Lipinski definition) is 3. The summed E-state index contributed by atoms with van der Waals surface area (Å²) in [6, 6.07) is 15.2. The van der Waals surface area contributed by atoms with Crippen molar-refractivity contribution in [3.05, 3.63) is 77.4 Å². The van der Waals surface area contributed by atoms with Crippen LogP contribution in [0.2, 0.25) is 0 Å².